The van der Waals surface area contributed by atoms with Crippen LogP contribution in [0.1, 0.15) is 5.56 Å². The Morgan fingerprint density at radius 2 is 2.21 bits per heavy atom. The Balaban J connectivity index is 2.18. The summed E-state index contributed by atoms with van der Waals surface area (Å²) in [6.45, 7) is 4.84. The van der Waals surface area contributed by atoms with Crippen molar-refractivity contribution in [2.75, 3.05) is 6.61 Å². The van der Waals surface area contributed by atoms with Gasteiger partial charge in [-0.05, 0) is 18.6 Å². The first-order valence-corrected chi connectivity index (χ1v) is 6.63. The smallest absolute Gasteiger partial charge is 0.126 e. The molecule has 0 bridgehead atoms. The fourth-order valence-electron chi connectivity index (χ4n) is 1.76. The summed E-state index contributed by atoms with van der Waals surface area (Å²) in [5.74, 6) is 0.706. The highest BCUT2D eigenvalue weighted by Gasteiger charge is 2.10. The van der Waals surface area contributed by atoms with Crippen molar-refractivity contribution in [2.45, 2.75) is 13.0 Å². The fraction of sp³-hybridized carbons (Fsp3) is 0.214. The molecule has 2 aromatic rings. The summed E-state index contributed by atoms with van der Waals surface area (Å²) in [4.78, 5) is 4.01. The van der Waals surface area contributed by atoms with Crippen LogP contribution in [0.25, 0.3) is 0 Å². The monoisotopic (exact) mass is 296 g/mol. The molecule has 0 unspecified atom stereocenters. The molecule has 0 radical (unpaired) electrons. The first-order valence-electron chi connectivity index (χ1n) is 5.88. The molecular formula is C14H14Cl2N2O. The van der Waals surface area contributed by atoms with Crippen LogP contribution >= 0.6 is 23.2 Å². The van der Waals surface area contributed by atoms with Gasteiger partial charge in [-0.2, -0.15) is 0 Å². The molecule has 100 valence electrons. The van der Waals surface area contributed by atoms with E-state index in [1.54, 1.807) is 30.7 Å². The minimum absolute atomic E-state index is 0.425. The molecule has 3 nitrogen and oxygen atoms in total. The van der Waals surface area contributed by atoms with Crippen LogP contribution in [0.4, 0.5) is 0 Å². The lowest BCUT2D eigenvalue weighted by Crippen LogP contribution is -2.03. The fourth-order valence-corrected chi connectivity index (χ4v) is 2.33. The zero-order valence-corrected chi connectivity index (χ0v) is 11.9. The zero-order chi connectivity index (χ0) is 13.7. The molecule has 0 aliphatic rings. The van der Waals surface area contributed by atoms with Gasteiger partial charge in [0.1, 0.15) is 12.4 Å². The van der Waals surface area contributed by atoms with E-state index in [1.807, 2.05) is 10.8 Å². The van der Waals surface area contributed by atoms with Crippen LogP contribution in [0.15, 0.2) is 43.5 Å². The van der Waals surface area contributed by atoms with Gasteiger partial charge in [-0.25, -0.2) is 4.98 Å². The third-order valence-corrected chi connectivity index (χ3v) is 3.21. The number of imidazole rings is 1. The van der Waals surface area contributed by atoms with Crippen LogP contribution in [0.2, 0.25) is 10.0 Å². The van der Waals surface area contributed by atoms with E-state index in [1.165, 1.54) is 0 Å². The number of nitrogens with zero attached hydrogens (tertiary/aromatic N) is 2. The van der Waals surface area contributed by atoms with E-state index >= 15 is 0 Å². The zero-order valence-electron chi connectivity index (χ0n) is 10.4. The van der Waals surface area contributed by atoms with E-state index in [4.69, 9.17) is 27.9 Å². The average molecular weight is 297 g/mol. The second kappa shape index (κ2) is 6.64. The van der Waals surface area contributed by atoms with Crippen LogP contribution < -0.4 is 4.74 Å². The highest BCUT2D eigenvalue weighted by molar-refractivity contribution is 6.35. The summed E-state index contributed by atoms with van der Waals surface area (Å²) in [6.07, 6.45) is 7.87. The Kier molecular flexibility index (Phi) is 4.88. The van der Waals surface area contributed by atoms with E-state index in [9.17, 15) is 0 Å². The van der Waals surface area contributed by atoms with Gasteiger partial charge < -0.3 is 9.30 Å². The largest absolute Gasteiger partial charge is 0.489 e. The van der Waals surface area contributed by atoms with Crippen LogP contribution in [-0.4, -0.2) is 16.2 Å². The van der Waals surface area contributed by atoms with Gasteiger partial charge in [-0.1, -0.05) is 35.9 Å². The second-order valence-corrected chi connectivity index (χ2v) is 4.86. The molecule has 1 aromatic carbocycles. The van der Waals surface area contributed by atoms with Gasteiger partial charge in [0.2, 0.25) is 0 Å². The van der Waals surface area contributed by atoms with Crippen molar-refractivity contribution in [3.05, 3.63) is 59.1 Å². The van der Waals surface area contributed by atoms with Crippen LogP contribution in [0, 0.1) is 0 Å². The summed E-state index contributed by atoms with van der Waals surface area (Å²) in [6, 6.07) is 3.51. The highest BCUT2D eigenvalue weighted by Crippen LogP contribution is 2.31. The molecule has 5 heteroatoms. The minimum atomic E-state index is 0.425. The van der Waals surface area contributed by atoms with Crippen molar-refractivity contribution in [2.24, 2.45) is 0 Å². The predicted molar refractivity (Wildman–Crippen MR) is 78.1 cm³/mol. The molecule has 0 saturated heterocycles. The molecule has 2 rings (SSSR count). The molecule has 1 aromatic heterocycles. The summed E-state index contributed by atoms with van der Waals surface area (Å²) in [5, 5.41) is 1.18. The highest BCUT2D eigenvalue weighted by atomic mass is 35.5. The standard InChI is InChI=1S/C14H14Cl2N2O/c1-2-7-19-14-9-11(15)8-13(16)12(14)3-5-18-6-4-17-10-18/h2,4,6,8-10H,1,3,5,7H2. The second-order valence-electron chi connectivity index (χ2n) is 4.01. The van der Waals surface area contributed by atoms with Crippen molar-refractivity contribution in [3.63, 3.8) is 0 Å². The van der Waals surface area contributed by atoms with E-state index in [0.29, 0.717) is 22.4 Å². The first kappa shape index (κ1) is 14.0. The molecule has 1 heterocycles. The lowest BCUT2D eigenvalue weighted by Gasteiger charge is -2.13. The van der Waals surface area contributed by atoms with Gasteiger partial charge in [0.25, 0.3) is 0 Å². The third-order valence-electron chi connectivity index (χ3n) is 2.66. The number of ether oxygens (including phenoxy) is 1. The molecule has 0 amide bonds. The van der Waals surface area contributed by atoms with Crippen molar-refractivity contribution in [1.82, 2.24) is 9.55 Å². The normalized spacial score (nSPS) is 10.4. The average Bonchev–Trinajstić information content (AvgIpc) is 2.88. The Morgan fingerprint density at radius 3 is 2.89 bits per heavy atom. The number of halogens is 2. The lowest BCUT2D eigenvalue weighted by molar-refractivity contribution is 0.358. The van der Waals surface area contributed by atoms with Crippen molar-refractivity contribution < 1.29 is 4.74 Å². The molecule has 0 fully saturated rings. The number of hydrogen-bond donors (Lipinski definition) is 0. The van der Waals surface area contributed by atoms with Gasteiger partial charge in [0.15, 0.2) is 0 Å². The molecular weight excluding hydrogens is 283 g/mol. The maximum atomic E-state index is 6.24. The predicted octanol–water partition coefficient (Wildman–Crippen LogP) is 4.00. The molecule has 0 aliphatic carbocycles. The van der Waals surface area contributed by atoms with Crippen LogP contribution in [0.5, 0.6) is 5.75 Å². The maximum absolute atomic E-state index is 6.24. The van der Waals surface area contributed by atoms with Gasteiger partial charge >= 0.3 is 0 Å². The van der Waals surface area contributed by atoms with E-state index in [-0.39, 0.29) is 0 Å². The van der Waals surface area contributed by atoms with E-state index in [2.05, 4.69) is 11.6 Å². The van der Waals surface area contributed by atoms with Gasteiger partial charge in [0.05, 0.1) is 6.33 Å². The van der Waals surface area contributed by atoms with Crippen molar-refractivity contribution in [1.29, 1.82) is 0 Å². The maximum Gasteiger partial charge on any atom is 0.126 e. The Hall–Kier alpha value is -1.45. The molecule has 0 saturated carbocycles. The van der Waals surface area contributed by atoms with Crippen molar-refractivity contribution >= 4 is 23.2 Å². The quantitative estimate of drug-likeness (QED) is 0.754. The summed E-state index contributed by atoms with van der Waals surface area (Å²) < 4.78 is 7.59. The third kappa shape index (κ3) is 3.75. The van der Waals surface area contributed by atoms with Gasteiger partial charge in [-0.15, -0.1) is 0 Å². The Morgan fingerprint density at radius 1 is 1.37 bits per heavy atom. The number of aryl methyl sites for hydroxylation is 1. The summed E-state index contributed by atoms with van der Waals surface area (Å²) in [5.41, 5.74) is 0.946. The molecule has 19 heavy (non-hydrogen) atoms. The van der Waals surface area contributed by atoms with E-state index in [0.717, 1.165) is 18.5 Å². The number of aromatic nitrogens is 2. The Bertz CT molecular complexity index is 553. The molecule has 0 aliphatic heterocycles. The van der Waals surface area contributed by atoms with Crippen LogP contribution in [-0.2, 0) is 13.0 Å². The summed E-state index contributed by atoms with van der Waals surface area (Å²) >= 11 is 12.2. The topological polar surface area (TPSA) is 27.1 Å². The SMILES string of the molecule is C=CCOc1cc(Cl)cc(Cl)c1CCn1ccnc1. The number of rotatable bonds is 6. The molecule has 0 spiro atoms. The minimum Gasteiger partial charge on any atom is -0.489 e. The lowest BCUT2D eigenvalue weighted by atomic mass is 10.1. The molecule has 0 N–H and O–H groups in total. The number of benzene rings is 1. The first-order chi connectivity index (χ1) is 9.20. The summed E-state index contributed by atoms with van der Waals surface area (Å²) in [7, 11) is 0. The molecule has 0 atom stereocenters. The van der Waals surface area contributed by atoms with Crippen LogP contribution in [0.3, 0.4) is 0 Å². The number of hydrogen-bond acceptors (Lipinski definition) is 2. The Labute approximate surface area is 122 Å². The van der Waals surface area contributed by atoms with Gasteiger partial charge in [0, 0.05) is 34.5 Å². The van der Waals surface area contributed by atoms with Crippen molar-refractivity contribution in [3.8, 4) is 5.75 Å². The van der Waals surface area contributed by atoms with E-state index < -0.39 is 0 Å². The van der Waals surface area contributed by atoms with Gasteiger partial charge in [-0.3, -0.25) is 0 Å².